The Kier molecular flexibility index (Phi) is 4.76. The van der Waals surface area contributed by atoms with Gasteiger partial charge in [0.05, 0.1) is 6.61 Å². The van der Waals surface area contributed by atoms with Crippen molar-refractivity contribution >= 4 is 5.95 Å². The first-order valence-corrected chi connectivity index (χ1v) is 6.66. The van der Waals surface area contributed by atoms with E-state index in [0.717, 1.165) is 17.9 Å². The lowest BCUT2D eigenvalue weighted by Gasteiger charge is -2.12. The summed E-state index contributed by atoms with van der Waals surface area (Å²) in [4.78, 5) is 8.50. The zero-order valence-electron chi connectivity index (χ0n) is 12.0. The quantitative estimate of drug-likeness (QED) is 0.874. The van der Waals surface area contributed by atoms with Gasteiger partial charge in [-0.2, -0.15) is 4.98 Å². The Hall–Kier alpha value is -2.30. The highest BCUT2D eigenvalue weighted by atomic mass is 16.5. The summed E-state index contributed by atoms with van der Waals surface area (Å²) in [6.07, 6.45) is 0.949. The molecule has 0 radical (unpaired) electrons. The number of aryl methyl sites for hydroxylation is 1. The van der Waals surface area contributed by atoms with E-state index in [1.54, 1.807) is 13.1 Å². The largest absolute Gasteiger partial charge is 0.490 e. The van der Waals surface area contributed by atoms with Crippen LogP contribution in [0.25, 0.3) is 0 Å². The molecule has 5 heteroatoms. The van der Waals surface area contributed by atoms with Gasteiger partial charge in [0.2, 0.25) is 11.8 Å². The van der Waals surface area contributed by atoms with Crippen LogP contribution in [-0.2, 0) is 0 Å². The molecule has 2 aromatic rings. The second-order valence-corrected chi connectivity index (χ2v) is 4.32. The first-order chi connectivity index (χ1) is 9.72. The van der Waals surface area contributed by atoms with Crippen LogP contribution >= 0.6 is 0 Å². The van der Waals surface area contributed by atoms with Crippen LogP contribution in [0.3, 0.4) is 0 Å². The van der Waals surface area contributed by atoms with Gasteiger partial charge in [-0.25, -0.2) is 4.98 Å². The number of nitrogens with zero attached hydrogens (tertiary/aromatic N) is 2. The molecule has 1 heterocycles. The van der Waals surface area contributed by atoms with Gasteiger partial charge in [0.15, 0.2) is 11.5 Å². The zero-order valence-corrected chi connectivity index (χ0v) is 12.0. The van der Waals surface area contributed by atoms with E-state index in [9.17, 15) is 0 Å². The summed E-state index contributed by atoms with van der Waals surface area (Å²) in [7, 11) is 1.77. The van der Waals surface area contributed by atoms with Gasteiger partial charge < -0.3 is 14.8 Å². The molecule has 0 bridgehead atoms. The van der Waals surface area contributed by atoms with Crippen molar-refractivity contribution in [2.24, 2.45) is 0 Å². The van der Waals surface area contributed by atoms with Crippen LogP contribution in [0.4, 0.5) is 5.95 Å². The molecular weight excluding hydrogens is 254 g/mol. The average molecular weight is 273 g/mol. The van der Waals surface area contributed by atoms with Crippen molar-refractivity contribution in [2.45, 2.75) is 20.3 Å². The van der Waals surface area contributed by atoms with Gasteiger partial charge in [0.25, 0.3) is 0 Å². The van der Waals surface area contributed by atoms with E-state index >= 15 is 0 Å². The van der Waals surface area contributed by atoms with E-state index in [1.807, 2.05) is 31.2 Å². The molecule has 0 aliphatic heterocycles. The molecule has 5 nitrogen and oxygen atoms in total. The minimum Gasteiger partial charge on any atom is -0.490 e. The van der Waals surface area contributed by atoms with Crippen LogP contribution in [0.5, 0.6) is 17.4 Å². The van der Waals surface area contributed by atoms with E-state index in [2.05, 4.69) is 22.2 Å². The fourth-order valence-electron chi connectivity index (χ4n) is 1.68. The molecule has 0 fully saturated rings. The van der Waals surface area contributed by atoms with Gasteiger partial charge in [-0.15, -0.1) is 0 Å². The molecule has 0 spiro atoms. The SMILES string of the molecule is CCCOc1ccccc1Oc1cc(C)nc(NC)n1. The Balaban J connectivity index is 2.23. The Bertz CT molecular complexity index is 573. The molecule has 0 aliphatic rings. The number of benzene rings is 1. The van der Waals surface area contributed by atoms with Gasteiger partial charge in [-0.1, -0.05) is 19.1 Å². The van der Waals surface area contributed by atoms with Crippen LogP contribution < -0.4 is 14.8 Å². The monoisotopic (exact) mass is 273 g/mol. The summed E-state index contributed by atoms with van der Waals surface area (Å²) in [5.74, 6) is 2.40. The van der Waals surface area contributed by atoms with Gasteiger partial charge in [-0.3, -0.25) is 0 Å². The maximum absolute atomic E-state index is 5.81. The maximum atomic E-state index is 5.81. The lowest BCUT2D eigenvalue weighted by Crippen LogP contribution is -2.01. The maximum Gasteiger partial charge on any atom is 0.225 e. The number of anilines is 1. The number of nitrogens with one attached hydrogen (secondary N) is 1. The van der Waals surface area contributed by atoms with E-state index in [4.69, 9.17) is 9.47 Å². The third-order valence-electron chi connectivity index (χ3n) is 2.58. The first-order valence-electron chi connectivity index (χ1n) is 6.66. The van der Waals surface area contributed by atoms with E-state index < -0.39 is 0 Å². The van der Waals surface area contributed by atoms with Crippen molar-refractivity contribution in [1.29, 1.82) is 0 Å². The topological polar surface area (TPSA) is 56.3 Å². The number of para-hydroxylation sites is 2. The molecule has 0 saturated heterocycles. The fraction of sp³-hybridized carbons (Fsp3) is 0.333. The molecule has 106 valence electrons. The first kappa shape index (κ1) is 14.1. The predicted octanol–water partition coefficient (Wildman–Crippen LogP) is 3.41. The molecule has 0 unspecified atom stereocenters. The lowest BCUT2D eigenvalue weighted by atomic mass is 10.3. The molecule has 0 saturated carbocycles. The number of hydrogen-bond donors (Lipinski definition) is 1. The number of ether oxygens (including phenoxy) is 2. The van der Waals surface area contributed by atoms with Crippen molar-refractivity contribution in [1.82, 2.24) is 9.97 Å². The molecule has 1 aromatic heterocycles. The zero-order chi connectivity index (χ0) is 14.4. The standard InChI is InChI=1S/C15H19N3O2/c1-4-9-19-12-7-5-6-8-13(12)20-14-10-11(2)17-15(16-3)18-14/h5-8,10H,4,9H2,1-3H3,(H,16,17,18). The summed E-state index contributed by atoms with van der Waals surface area (Å²) >= 11 is 0. The number of rotatable bonds is 6. The van der Waals surface area contributed by atoms with Gasteiger partial charge >= 0.3 is 0 Å². The number of hydrogen-bond acceptors (Lipinski definition) is 5. The third-order valence-corrected chi connectivity index (χ3v) is 2.58. The highest BCUT2D eigenvalue weighted by Gasteiger charge is 2.08. The van der Waals surface area contributed by atoms with Crippen molar-refractivity contribution in [3.05, 3.63) is 36.0 Å². The van der Waals surface area contributed by atoms with Crippen molar-refractivity contribution in [3.8, 4) is 17.4 Å². The van der Waals surface area contributed by atoms with E-state index in [0.29, 0.717) is 24.2 Å². The van der Waals surface area contributed by atoms with Crippen LogP contribution in [0.15, 0.2) is 30.3 Å². The predicted molar refractivity (Wildman–Crippen MR) is 78.6 cm³/mol. The minimum atomic E-state index is 0.495. The van der Waals surface area contributed by atoms with Gasteiger partial charge in [-0.05, 0) is 25.5 Å². The average Bonchev–Trinajstić information content (AvgIpc) is 2.45. The second kappa shape index (κ2) is 6.75. The minimum absolute atomic E-state index is 0.495. The molecular formula is C15H19N3O2. The molecule has 1 aromatic carbocycles. The highest BCUT2D eigenvalue weighted by molar-refractivity contribution is 5.42. The summed E-state index contributed by atoms with van der Waals surface area (Å²) in [5.41, 5.74) is 0.839. The van der Waals surface area contributed by atoms with Crippen molar-refractivity contribution in [3.63, 3.8) is 0 Å². The van der Waals surface area contributed by atoms with Gasteiger partial charge in [0, 0.05) is 18.8 Å². The summed E-state index contributed by atoms with van der Waals surface area (Å²) < 4.78 is 11.5. The molecule has 1 N–H and O–H groups in total. The fourth-order valence-corrected chi connectivity index (χ4v) is 1.68. The van der Waals surface area contributed by atoms with Crippen LogP contribution in [-0.4, -0.2) is 23.6 Å². The Morgan fingerprint density at radius 3 is 2.60 bits per heavy atom. The van der Waals surface area contributed by atoms with Crippen LogP contribution in [0.1, 0.15) is 19.0 Å². The Morgan fingerprint density at radius 2 is 1.90 bits per heavy atom. The summed E-state index contributed by atoms with van der Waals surface area (Å²) in [6, 6.07) is 9.36. The molecule has 0 aliphatic carbocycles. The second-order valence-electron chi connectivity index (χ2n) is 4.32. The third kappa shape index (κ3) is 3.60. The van der Waals surface area contributed by atoms with Gasteiger partial charge in [0.1, 0.15) is 0 Å². The summed E-state index contributed by atoms with van der Waals surface area (Å²) in [5, 5.41) is 2.91. The molecule has 2 rings (SSSR count). The van der Waals surface area contributed by atoms with Crippen molar-refractivity contribution < 1.29 is 9.47 Å². The lowest BCUT2D eigenvalue weighted by molar-refractivity contribution is 0.300. The Morgan fingerprint density at radius 1 is 1.15 bits per heavy atom. The normalized spacial score (nSPS) is 10.2. The smallest absolute Gasteiger partial charge is 0.225 e. The highest BCUT2D eigenvalue weighted by Crippen LogP contribution is 2.30. The van der Waals surface area contributed by atoms with E-state index in [-0.39, 0.29) is 0 Å². The van der Waals surface area contributed by atoms with Crippen molar-refractivity contribution in [2.75, 3.05) is 19.0 Å². The Labute approximate surface area is 119 Å². The number of aromatic nitrogens is 2. The van der Waals surface area contributed by atoms with Crippen LogP contribution in [0, 0.1) is 6.92 Å². The van der Waals surface area contributed by atoms with Crippen LogP contribution in [0.2, 0.25) is 0 Å². The molecule has 0 amide bonds. The van der Waals surface area contributed by atoms with E-state index in [1.165, 1.54) is 0 Å². The summed E-state index contributed by atoms with van der Waals surface area (Å²) in [6.45, 7) is 4.62. The molecule has 0 atom stereocenters. The molecule has 20 heavy (non-hydrogen) atoms.